The number of benzene rings is 1. The van der Waals surface area contributed by atoms with Crippen molar-refractivity contribution < 1.29 is 14.2 Å². The summed E-state index contributed by atoms with van der Waals surface area (Å²) in [4.78, 5) is 39.1. The summed E-state index contributed by atoms with van der Waals surface area (Å²) in [6, 6.07) is 8.48. The first-order valence-electron chi connectivity index (χ1n) is 12.6. The van der Waals surface area contributed by atoms with Crippen LogP contribution in [0.3, 0.4) is 0 Å². The van der Waals surface area contributed by atoms with Gasteiger partial charge in [-0.1, -0.05) is 23.7 Å². The molecule has 1 aliphatic heterocycles. The maximum Gasteiger partial charge on any atom is 0.258 e. The number of anilines is 1. The van der Waals surface area contributed by atoms with Crippen LogP contribution in [0.4, 0.5) is 5.95 Å². The Labute approximate surface area is 228 Å². The van der Waals surface area contributed by atoms with Gasteiger partial charge in [-0.15, -0.1) is 0 Å². The Morgan fingerprint density at radius 3 is 2.76 bits per heavy atom. The highest BCUT2D eigenvalue weighted by atomic mass is 35.5. The van der Waals surface area contributed by atoms with E-state index in [4.69, 9.17) is 16.6 Å². The number of carbonyl (C=O) groups is 2. The lowest BCUT2D eigenvalue weighted by Crippen LogP contribution is -2.34. The van der Waals surface area contributed by atoms with E-state index >= 15 is 0 Å². The van der Waals surface area contributed by atoms with Crippen LogP contribution in [0, 0.1) is 0 Å². The predicted molar refractivity (Wildman–Crippen MR) is 153 cm³/mol. The van der Waals surface area contributed by atoms with Crippen molar-refractivity contribution in [2.75, 3.05) is 52.4 Å². The molecule has 4 rings (SSSR count). The molecule has 1 aliphatic rings. The molecule has 0 bridgehead atoms. The van der Waals surface area contributed by atoms with Crippen molar-refractivity contribution in [3.05, 3.63) is 59.3 Å². The number of amides is 2. The standard InChI is InChI=1S/C27H34ClN6O3P/c1-32(2)15-8-12-24(35)33-16-6-5-9-20(18-33)34-25-21(28)10-7-11-22(25)30-27(34)31-26(36)19-13-14-29-23(17-19)38(3,4)37/h7-8,10-14,17,20H,5-6,9,15-16,18H2,1-4H3,(H,30,31,36)/t20-/m0/s1. The highest BCUT2D eigenvalue weighted by Gasteiger charge is 2.27. The largest absolute Gasteiger partial charge is 0.337 e. The van der Waals surface area contributed by atoms with E-state index in [2.05, 4.69) is 10.3 Å². The maximum atomic E-state index is 13.3. The highest BCUT2D eigenvalue weighted by Crippen LogP contribution is 2.35. The van der Waals surface area contributed by atoms with E-state index in [0.29, 0.717) is 52.6 Å². The number of halogens is 1. The van der Waals surface area contributed by atoms with Crippen LogP contribution < -0.4 is 10.8 Å². The Kier molecular flexibility index (Phi) is 8.71. The number of hydrogen-bond acceptors (Lipinski definition) is 6. The van der Waals surface area contributed by atoms with Crippen LogP contribution in [0.2, 0.25) is 5.02 Å². The molecule has 3 heterocycles. The summed E-state index contributed by atoms with van der Waals surface area (Å²) in [6.45, 7) is 5.06. The number of imidazole rings is 1. The topological polar surface area (TPSA) is 100 Å². The maximum absolute atomic E-state index is 13.3. The fraction of sp³-hybridized carbons (Fsp3) is 0.407. The molecule has 1 N–H and O–H groups in total. The molecule has 1 fully saturated rings. The third kappa shape index (κ3) is 6.52. The Balaban J connectivity index is 1.68. The van der Waals surface area contributed by atoms with Gasteiger partial charge in [-0.2, -0.15) is 0 Å². The lowest BCUT2D eigenvalue weighted by molar-refractivity contribution is -0.126. The molecule has 0 spiro atoms. The lowest BCUT2D eigenvalue weighted by atomic mass is 10.1. The molecule has 202 valence electrons. The van der Waals surface area contributed by atoms with Gasteiger partial charge < -0.3 is 18.9 Å². The molecular formula is C27H34ClN6O3P. The summed E-state index contributed by atoms with van der Waals surface area (Å²) in [7, 11) is 1.27. The van der Waals surface area contributed by atoms with Gasteiger partial charge in [-0.3, -0.25) is 19.9 Å². The summed E-state index contributed by atoms with van der Waals surface area (Å²) in [6.07, 6.45) is 7.60. The molecule has 0 aliphatic carbocycles. The molecule has 2 amide bonds. The molecule has 0 saturated carbocycles. The normalized spacial score (nSPS) is 16.8. The molecule has 1 aromatic carbocycles. The average molecular weight is 557 g/mol. The van der Waals surface area contributed by atoms with Crippen molar-refractivity contribution in [3.8, 4) is 0 Å². The first-order chi connectivity index (χ1) is 18.0. The minimum absolute atomic E-state index is 0.0345. The number of para-hydroxylation sites is 1. The Morgan fingerprint density at radius 1 is 1.24 bits per heavy atom. The molecule has 11 heteroatoms. The van der Waals surface area contributed by atoms with E-state index < -0.39 is 7.14 Å². The number of carbonyl (C=O) groups excluding carboxylic acids is 2. The number of fused-ring (bicyclic) bond motifs is 1. The zero-order chi connectivity index (χ0) is 27.4. The van der Waals surface area contributed by atoms with Gasteiger partial charge in [0.25, 0.3) is 5.91 Å². The second-order valence-corrected chi connectivity index (χ2v) is 13.8. The molecule has 0 unspecified atom stereocenters. The van der Waals surface area contributed by atoms with Gasteiger partial charge in [-0.25, -0.2) is 4.98 Å². The SMILES string of the molecule is CN(C)CC=CC(=O)N1CCCC[C@H](n2c(NC(=O)c3ccnc(P(C)(C)=O)c3)nc3cccc(Cl)c32)C1. The highest BCUT2D eigenvalue weighted by molar-refractivity contribution is 7.69. The molecule has 1 saturated heterocycles. The van der Waals surface area contributed by atoms with E-state index in [-0.39, 0.29) is 17.9 Å². The van der Waals surface area contributed by atoms with Crippen molar-refractivity contribution in [1.29, 1.82) is 0 Å². The number of aromatic nitrogens is 3. The lowest BCUT2D eigenvalue weighted by Gasteiger charge is -2.26. The molecule has 2 aromatic heterocycles. The predicted octanol–water partition coefficient (Wildman–Crippen LogP) is 4.26. The van der Waals surface area contributed by atoms with Gasteiger partial charge in [0.15, 0.2) is 0 Å². The van der Waals surface area contributed by atoms with Crippen LogP contribution in [0.1, 0.15) is 35.7 Å². The zero-order valence-electron chi connectivity index (χ0n) is 22.2. The van der Waals surface area contributed by atoms with Crippen molar-refractivity contribution in [3.63, 3.8) is 0 Å². The van der Waals surface area contributed by atoms with Gasteiger partial charge in [0.05, 0.1) is 22.1 Å². The monoisotopic (exact) mass is 556 g/mol. The smallest absolute Gasteiger partial charge is 0.258 e. The Bertz CT molecular complexity index is 1410. The summed E-state index contributed by atoms with van der Waals surface area (Å²) >= 11 is 6.65. The van der Waals surface area contributed by atoms with Crippen LogP contribution in [0.5, 0.6) is 0 Å². The molecular weight excluding hydrogens is 523 g/mol. The number of rotatable bonds is 7. The van der Waals surface area contributed by atoms with Crippen LogP contribution in [0.25, 0.3) is 11.0 Å². The molecule has 38 heavy (non-hydrogen) atoms. The third-order valence-corrected chi connectivity index (χ3v) is 8.15. The van der Waals surface area contributed by atoms with Gasteiger partial charge in [0.2, 0.25) is 11.9 Å². The summed E-state index contributed by atoms with van der Waals surface area (Å²) in [5, 5.41) is 3.47. The van der Waals surface area contributed by atoms with Crippen LogP contribution in [0.15, 0.2) is 48.7 Å². The number of nitrogens with zero attached hydrogens (tertiary/aromatic N) is 5. The molecule has 9 nitrogen and oxygen atoms in total. The zero-order valence-corrected chi connectivity index (χ0v) is 23.9. The minimum Gasteiger partial charge on any atom is -0.337 e. The van der Waals surface area contributed by atoms with Crippen molar-refractivity contribution in [1.82, 2.24) is 24.3 Å². The number of likely N-dealkylation sites (tertiary alicyclic amines) is 1. The quantitative estimate of drug-likeness (QED) is 0.345. The first-order valence-corrected chi connectivity index (χ1v) is 15.6. The summed E-state index contributed by atoms with van der Waals surface area (Å²) in [5.74, 6) is -0.0641. The fourth-order valence-electron chi connectivity index (χ4n) is 4.58. The Morgan fingerprint density at radius 2 is 2.03 bits per heavy atom. The van der Waals surface area contributed by atoms with Crippen LogP contribution in [-0.2, 0) is 9.36 Å². The third-order valence-electron chi connectivity index (χ3n) is 6.50. The number of hydrogen-bond donors (Lipinski definition) is 1. The second kappa shape index (κ2) is 11.8. The van der Waals surface area contributed by atoms with Crippen LogP contribution in [-0.4, -0.2) is 83.2 Å². The van der Waals surface area contributed by atoms with E-state index in [1.54, 1.807) is 37.6 Å². The second-order valence-electron chi connectivity index (χ2n) is 10.2. The number of nitrogens with one attached hydrogen (secondary N) is 1. The first kappa shape index (κ1) is 28.0. The Hall–Kier alpha value is -3.00. The minimum atomic E-state index is -2.64. The fourth-order valence-corrected chi connectivity index (χ4v) is 5.63. The molecule has 3 aromatic rings. The van der Waals surface area contributed by atoms with Gasteiger partial charge in [0, 0.05) is 37.5 Å². The van der Waals surface area contributed by atoms with Crippen LogP contribution >= 0.6 is 18.7 Å². The van der Waals surface area contributed by atoms with E-state index in [1.165, 1.54) is 6.20 Å². The number of likely N-dealkylation sites (N-methyl/N-ethyl adjacent to an activating group) is 1. The van der Waals surface area contributed by atoms with E-state index in [1.807, 2.05) is 46.7 Å². The summed E-state index contributed by atoms with van der Waals surface area (Å²) in [5.41, 5.74) is 2.10. The molecule has 1 atom stereocenters. The van der Waals surface area contributed by atoms with Gasteiger partial charge in [0.1, 0.15) is 12.6 Å². The summed E-state index contributed by atoms with van der Waals surface area (Å²) < 4.78 is 14.5. The van der Waals surface area contributed by atoms with Gasteiger partial charge in [-0.05, 0) is 71.0 Å². The van der Waals surface area contributed by atoms with E-state index in [0.717, 1.165) is 19.3 Å². The molecule has 0 radical (unpaired) electrons. The van der Waals surface area contributed by atoms with E-state index in [9.17, 15) is 14.2 Å². The van der Waals surface area contributed by atoms with Gasteiger partial charge >= 0.3 is 0 Å². The van der Waals surface area contributed by atoms with Crippen molar-refractivity contribution in [2.24, 2.45) is 0 Å². The number of pyridine rings is 1. The average Bonchev–Trinajstić information content (AvgIpc) is 3.05. The van der Waals surface area contributed by atoms with Crippen molar-refractivity contribution in [2.45, 2.75) is 25.3 Å². The van der Waals surface area contributed by atoms with Crippen molar-refractivity contribution >= 4 is 53.0 Å².